The minimum Gasteiger partial charge on any atom is -0.459 e. The molecule has 0 saturated heterocycles. The molecule has 0 radical (unpaired) electrons. The molecule has 184 valence electrons. The van der Waals surface area contributed by atoms with Gasteiger partial charge < -0.3 is 14.8 Å². The maximum Gasteiger partial charge on any atom is 0.326 e. The van der Waals surface area contributed by atoms with Crippen molar-refractivity contribution >= 4 is 23.4 Å². The van der Waals surface area contributed by atoms with Crippen LogP contribution in [0.3, 0.4) is 0 Å². The van der Waals surface area contributed by atoms with Gasteiger partial charge in [0.1, 0.15) is 13.2 Å². The number of halogens is 1. The first kappa shape index (κ1) is 25.2. The molecule has 1 N–H and O–H groups in total. The molecule has 0 bridgehead atoms. The van der Waals surface area contributed by atoms with E-state index in [0.717, 1.165) is 11.1 Å². The third-order valence-electron chi connectivity index (χ3n) is 5.35. The number of anilines is 1. The summed E-state index contributed by atoms with van der Waals surface area (Å²) in [6.07, 6.45) is 0. The lowest BCUT2D eigenvalue weighted by atomic mass is 10.1. The summed E-state index contributed by atoms with van der Waals surface area (Å²) in [4.78, 5) is 30.3. The SMILES string of the molecule is O=C(Cn1c(-c2ccccc2)c(Cl)nc(NCCOCc2ccccc2)c1=O)OCc1ccccc1. The number of benzene rings is 3. The number of carbonyl (C=O) groups is 1. The zero-order valence-corrected chi connectivity index (χ0v) is 20.4. The Kier molecular flexibility index (Phi) is 8.86. The van der Waals surface area contributed by atoms with Gasteiger partial charge in [-0.25, -0.2) is 4.98 Å². The summed E-state index contributed by atoms with van der Waals surface area (Å²) in [7, 11) is 0. The Labute approximate surface area is 214 Å². The van der Waals surface area contributed by atoms with Crippen LogP contribution in [0.2, 0.25) is 5.15 Å². The monoisotopic (exact) mass is 503 g/mol. The molecule has 0 fully saturated rings. The highest BCUT2D eigenvalue weighted by Crippen LogP contribution is 2.26. The summed E-state index contributed by atoms with van der Waals surface area (Å²) in [6.45, 7) is 0.956. The Morgan fingerprint density at radius 2 is 1.44 bits per heavy atom. The molecule has 4 rings (SSSR count). The lowest BCUT2D eigenvalue weighted by Gasteiger charge is -2.16. The van der Waals surface area contributed by atoms with Crippen LogP contribution in [0, 0.1) is 0 Å². The fourth-order valence-corrected chi connectivity index (χ4v) is 3.89. The predicted molar refractivity (Wildman–Crippen MR) is 140 cm³/mol. The lowest BCUT2D eigenvalue weighted by Crippen LogP contribution is -2.31. The molecule has 1 heterocycles. The third-order valence-corrected chi connectivity index (χ3v) is 5.61. The van der Waals surface area contributed by atoms with Gasteiger partial charge in [-0.15, -0.1) is 0 Å². The van der Waals surface area contributed by atoms with E-state index in [1.807, 2.05) is 78.9 Å². The summed E-state index contributed by atoms with van der Waals surface area (Å²) in [6, 6.07) is 28.3. The van der Waals surface area contributed by atoms with Crippen molar-refractivity contribution in [2.45, 2.75) is 19.8 Å². The van der Waals surface area contributed by atoms with Crippen LogP contribution in [0.4, 0.5) is 5.82 Å². The molecule has 0 aliphatic carbocycles. The zero-order chi connectivity index (χ0) is 25.2. The van der Waals surface area contributed by atoms with Crippen molar-refractivity contribution in [3.8, 4) is 11.3 Å². The average Bonchev–Trinajstić information content (AvgIpc) is 2.91. The Balaban J connectivity index is 1.49. The molecule has 7 nitrogen and oxygen atoms in total. The molecule has 1 aromatic heterocycles. The van der Waals surface area contributed by atoms with E-state index in [1.54, 1.807) is 12.1 Å². The van der Waals surface area contributed by atoms with Crippen LogP contribution in [0.1, 0.15) is 11.1 Å². The van der Waals surface area contributed by atoms with Crippen LogP contribution in [0.5, 0.6) is 0 Å². The summed E-state index contributed by atoms with van der Waals surface area (Å²) in [5, 5.41) is 3.09. The van der Waals surface area contributed by atoms with Crippen molar-refractivity contribution in [3.63, 3.8) is 0 Å². The standard InChI is InChI=1S/C28H26ClN3O4/c29-26-25(23-14-8-3-9-15-23)32(18-24(33)36-20-22-12-6-2-7-13-22)28(34)27(31-26)30-16-17-35-19-21-10-4-1-5-11-21/h1-15H,16-20H2,(H,30,31). The highest BCUT2D eigenvalue weighted by Gasteiger charge is 2.19. The van der Waals surface area contributed by atoms with Crippen LogP contribution in [-0.4, -0.2) is 28.7 Å². The molecule has 0 saturated carbocycles. The summed E-state index contributed by atoms with van der Waals surface area (Å²) in [5.41, 5.74) is 2.46. The van der Waals surface area contributed by atoms with Gasteiger partial charge >= 0.3 is 5.97 Å². The zero-order valence-electron chi connectivity index (χ0n) is 19.6. The van der Waals surface area contributed by atoms with Crippen molar-refractivity contribution in [1.29, 1.82) is 0 Å². The Bertz CT molecular complexity index is 1330. The lowest BCUT2D eigenvalue weighted by molar-refractivity contribution is -0.145. The quantitative estimate of drug-likeness (QED) is 0.231. The van der Waals surface area contributed by atoms with E-state index in [4.69, 9.17) is 21.1 Å². The second-order valence-electron chi connectivity index (χ2n) is 7.97. The molecule has 0 amide bonds. The number of hydrogen-bond donors (Lipinski definition) is 1. The molecule has 3 aromatic carbocycles. The number of rotatable bonds is 11. The highest BCUT2D eigenvalue weighted by molar-refractivity contribution is 6.32. The molecule has 0 atom stereocenters. The van der Waals surface area contributed by atoms with E-state index in [-0.39, 0.29) is 24.1 Å². The van der Waals surface area contributed by atoms with Crippen molar-refractivity contribution in [2.75, 3.05) is 18.5 Å². The first-order valence-corrected chi connectivity index (χ1v) is 11.9. The number of nitrogens with one attached hydrogen (secondary N) is 1. The third kappa shape index (κ3) is 6.81. The summed E-state index contributed by atoms with van der Waals surface area (Å²) >= 11 is 6.52. The van der Waals surface area contributed by atoms with E-state index < -0.39 is 11.5 Å². The largest absolute Gasteiger partial charge is 0.459 e. The minimum atomic E-state index is -0.558. The van der Waals surface area contributed by atoms with E-state index in [2.05, 4.69) is 10.3 Å². The van der Waals surface area contributed by atoms with Gasteiger partial charge in [-0.05, 0) is 11.1 Å². The first-order chi connectivity index (χ1) is 17.6. The van der Waals surface area contributed by atoms with E-state index in [1.165, 1.54) is 4.57 Å². The topological polar surface area (TPSA) is 82.5 Å². The Morgan fingerprint density at radius 3 is 2.08 bits per heavy atom. The van der Waals surface area contributed by atoms with E-state index in [9.17, 15) is 9.59 Å². The van der Waals surface area contributed by atoms with Crippen molar-refractivity contribution in [2.24, 2.45) is 0 Å². The maximum atomic E-state index is 13.3. The summed E-state index contributed by atoms with van der Waals surface area (Å²) in [5.74, 6) is -0.517. The number of hydrogen-bond acceptors (Lipinski definition) is 6. The van der Waals surface area contributed by atoms with E-state index in [0.29, 0.717) is 31.0 Å². The smallest absolute Gasteiger partial charge is 0.326 e. The van der Waals surface area contributed by atoms with Gasteiger partial charge in [0.15, 0.2) is 11.0 Å². The number of esters is 1. The van der Waals surface area contributed by atoms with Crippen molar-refractivity contribution in [3.05, 3.63) is 118 Å². The fraction of sp³-hybridized carbons (Fsp3) is 0.179. The number of ether oxygens (including phenoxy) is 2. The Morgan fingerprint density at radius 1 is 0.861 bits per heavy atom. The van der Waals surface area contributed by atoms with Crippen LogP contribution in [0.25, 0.3) is 11.3 Å². The van der Waals surface area contributed by atoms with Gasteiger partial charge in [0.2, 0.25) is 0 Å². The van der Waals surface area contributed by atoms with Gasteiger partial charge in [0.05, 0.1) is 18.9 Å². The molecule has 36 heavy (non-hydrogen) atoms. The number of nitrogens with zero attached hydrogens (tertiary/aromatic N) is 2. The van der Waals surface area contributed by atoms with Gasteiger partial charge in [0, 0.05) is 12.1 Å². The molecule has 0 aliphatic rings. The molecule has 8 heteroatoms. The van der Waals surface area contributed by atoms with Gasteiger partial charge in [-0.2, -0.15) is 0 Å². The Hall–Kier alpha value is -3.94. The first-order valence-electron chi connectivity index (χ1n) is 11.5. The molecular weight excluding hydrogens is 478 g/mol. The normalized spacial score (nSPS) is 10.7. The fourth-order valence-electron chi connectivity index (χ4n) is 3.60. The van der Waals surface area contributed by atoms with Crippen molar-refractivity contribution in [1.82, 2.24) is 9.55 Å². The molecular formula is C28H26ClN3O4. The predicted octanol–water partition coefficient (Wildman–Crippen LogP) is 4.94. The number of aromatic nitrogens is 2. The molecule has 0 unspecified atom stereocenters. The summed E-state index contributed by atoms with van der Waals surface area (Å²) < 4.78 is 12.4. The van der Waals surface area contributed by atoms with Crippen molar-refractivity contribution < 1.29 is 14.3 Å². The van der Waals surface area contributed by atoms with E-state index >= 15 is 0 Å². The maximum absolute atomic E-state index is 13.3. The molecule has 0 aliphatic heterocycles. The van der Waals surface area contributed by atoms with Gasteiger partial charge in [0.25, 0.3) is 5.56 Å². The van der Waals surface area contributed by atoms with Crippen LogP contribution >= 0.6 is 11.6 Å². The van der Waals surface area contributed by atoms with Crippen LogP contribution in [0.15, 0.2) is 95.8 Å². The van der Waals surface area contributed by atoms with Gasteiger partial charge in [-0.3, -0.25) is 14.2 Å². The second-order valence-corrected chi connectivity index (χ2v) is 8.33. The van der Waals surface area contributed by atoms with Crippen LogP contribution in [-0.2, 0) is 34.0 Å². The minimum absolute atomic E-state index is 0.0406. The highest BCUT2D eigenvalue weighted by atomic mass is 35.5. The molecule has 0 spiro atoms. The average molecular weight is 504 g/mol. The molecule has 4 aromatic rings. The van der Waals surface area contributed by atoms with Crippen LogP contribution < -0.4 is 10.9 Å². The second kappa shape index (κ2) is 12.7. The van der Waals surface area contributed by atoms with Gasteiger partial charge in [-0.1, -0.05) is 103 Å². The number of carbonyl (C=O) groups excluding carboxylic acids is 1.